The quantitative estimate of drug-likeness (QED) is 0.875. The van der Waals surface area contributed by atoms with Crippen molar-refractivity contribution >= 4 is 11.7 Å². The Morgan fingerprint density at radius 3 is 2.75 bits per heavy atom. The number of rotatable bonds is 4. The molecule has 1 amide bonds. The molecule has 1 aromatic carbocycles. The second-order valence-corrected chi connectivity index (χ2v) is 7.32. The average molecular weight is 385 g/mol. The first-order valence-electron chi connectivity index (χ1n) is 9.53. The molecule has 0 bridgehead atoms. The van der Waals surface area contributed by atoms with Crippen LogP contribution >= 0.6 is 0 Å². The summed E-state index contributed by atoms with van der Waals surface area (Å²) in [7, 11) is 0. The number of aryl methyl sites for hydroxylation is 2. The number of ether oxygens (including phenoxy) is 2. The van der Waals surface area contributed by atoms with E-state index in [1.807, 2.05) is 24.8 Å². The number of aromatic nitrogens is 1. The number of anilines is 1. The summed E-state index contributed by atoms with van der Waals surface area (Å²) in [6, 6.07) is 5.47. The predicted octanol–water partition coefficient (Wildman–Crippen LogP) is 2.29. The van der Waals surface area contributed by atoms with Gasteiger partial charge in [-0.05, 0) is 48.2 Å². The molecule has 148 valence electrons. The number of halogens is 1. The van der Waals surface area contributed by atoms with Gasteiger partial charge in [0.05, 0.1) is 13.2 Å². The van der Waals surface area contributed by atoms with Crippen molar-refractivity contribution < 1.29 is 18.7 Å². The van der Waals surface area contributed by atoms with Crippen molar-refractivity contribution in [3.05, 3.63) is 52.5 Å². The number of fused-ring (bicyclic) bond motifs is 1. The highest BCUT2D eigenvalue weighted by molar-refractivity contribution is 5.82. The van der Waals surface area contributed by atoms with Crippen molar-refractivity contribution in [2.75, 3.05) is 31.2 Å². The summed E-state index contributed by atoms with van der Waals surface area (Å²) in [5.74, 6) is 0.512. The van der Waals surface area contributed by atoms with E-state index in [2.05, 4.69) is 16.4 Å². The zero-order chi connectivity index (χ0) is 19.7. The Morgan fingerprint density at radius 2 is 2.00 bits per heavy atom. The largest absolute Gasteiger partial charge is 0.480 e. The lowest BCUT2D eigenvalue weighted by molar-refractivity contribution is -0.127. The minimum absolute atomic E-state index is 0.204. The number of carbonyl (C=O) groups is 1. The van der Waals surface area contributed by atoms with Crippen LogP contribution in [0.5, 0.6) is 5.75 Å². The molecule has 1 saturated heterocycles. The highest BCUT2D eigenvalue weighted by Crippen LogP contribution is 2.31. The Bertz CT molecular complexity index is 866. The predicted molar refractivity (Wildman–Crippen MR) is 103 cm³/mol. The van der Waals surface area contributed by atoms with Gasteiger partial charge in [0.15, 0.2) is 17.7 Å². The summed E-state index contributed by atoms with van der Waals surface area (Å²) in [6.07, 6.45) is 1.59. The zero-order valence-corrected chi connectivity index (χ0v) is 16.1. The maximum absolute atomic E-state index is 14.4. The lowest BCUT2D eigenvalue weighted by Crippen LogP contribution is -2.38. The molecule has 1 N–H and O–H groups in total. The summed E-state index contributed by atoms with van der Waals surface area (Å²) in [5, 5.41) is 2.83. The Kier molecular flexibility index (Phi) is 5.17. The lowest BCUT2D eigenvalue weighted by atomic mass is 10.0. The molecule has 1 fully saturated rings. The number of nitrogens with zero attached hydrogens (tertiary/aromatic N) is 2. The molecule has 1 aromatic heterocycles. The smallest absolute Gasteiger partial charge is 0.261 e. The molecule has 0 saturated carbocycles. The summed E-state index contributed by atoms with van der Waals surface area (Å²) >= 11 is 0. The van der Waals surface area contributed by atoms with Crippen LogP contribution in [0.25, 0.3) is 0 Å². The Hall–Kier alpha value is -2.67. The highest BCUT2D eigenvalue weighted by Gasteiger charge is 2.29. The van der Waals surface area contributed by atoms with E-state index in [1.165, 1.54) is 11.6 Å². The number of benzene rings is 1. The second-order valence-electron chi connectivity index (χ2n) is 7.32. The van der Waals surface area contributed by atoms with Crippen molar-refractivity contribution in [1.29, 1.82) is 0 Å². The van der Waals surface area contributed by atoms with Gasteiger partial charge in [-0.1, -0.05) is 6.07 Å². The Labute approximate surface area is 163 Å². The van der Waals surface area contributed by atoms with Crippen LogP contribution in [-0.4, -0.2) is 43.3 Å². The summed E-state index contributed by atoms with van der Waals surface area (Å²) in [4.78, 5) is 18.6. The average Bonchev–Trinajstić information content (AvgIpc) is 3.10. The van der Waals surface area contributed by atoms with Gasteiger partial charge in [-0.15, -0.1) is 0 Å². The summed E-state index contributed by atoms with van der Waals surface area (Å²) < 4.78 is 25.5. The van der Waals surface area contributed by atoms with Gasteiger partial charge in [0, 0.05) is 32.3 Å². The third kappa shape index (κ3) is 3.80. The maximum Gasteiger partial charge on any atom is 0.261 e. The summed E-state index contributed by atoms with van der Waals surface area (Å²) in [5.41, 5.74) is 3.99. The maximum atomic E-state index is 14.4. The molecule has 28 heavy (non-hydrogen) atoms. The molecule has 4 rings (SSSR count). The molecule has 2 aromatic rings. The fraction of sp³-hybridized carbons (Fsp3) is 0.429. The van der Waals surface area contributed by atoms with Crippen LogP contribution in [0.2, 0.25) is 0 Å². The first kappa shape index (κ1) is 18.7. The SMILES string of the molecule is Cc1cc2c(cc1C)O[C@H](C(=O)NCc1cnc(N3CCOCC3)c(F)c1)C2. The number of hydrogen-bond donors (Lipinski definition) is 1. The van der Waals surface area contributed by atoms with E-state index in [-0.39, 0.29) is 18.3 Å². The molecular weight excluding hydrogens is 361 g/mol. The van der Waals surface area contributed by atoms with Gasteiger partial charge in [-0.25, -0.2) is 9.37 Å². The number of carbonyl (C=O) groups excluding carboxylic acids is 1. The third-order valence-corrected chi connectivity index (χ3v) is 5.30. The number of pyridine rings is 1. The van der Waals surface area contributed by atoms with E-state index in [0.717, 1.165) is 16.9 Å². The van der Waals surface area contributed by atoms with Crippen molar-refractivity contribution in [3.63, 3.8) is 0 Å². The molecular formula is C21H24FN3O3. The summed E-state index contributed by atoms with van der Waals surface area (Å²) in [6.45, 7) is 6.67. The first-order chi connectivity index (χ1) is 13.5. The van der Waals surface area contributed by atoms with E-state index in [1.54, 1.807) is 6.20 Å². The van der Waals surface area contributed by atoms with Gasteiger partial charge in [0.1, 0.15) is 5.75 Å². The molecule has 2 aliphatic rings. The minimum atomic E-state index is -0.554. The van der Waals surface area contributed by atoms with Crippen LogP contribution < -0.4 is 15.0 Å². The van der Waals surface area contributed by atoms with Crippen molar-refractivity contribution in [2.45, 2.75) is 32.9 Å². The molecule has 6 nitrogen and oxygen atoms in total. The molecule has 0 spiro atoms. The monoisotopic (exact) mass is 385 g/mol. The standard InChI is InChI=1S/C21H24FN3O3/c1-13-7-16-10-19(28-18(16)8-14(13)2)21(26)24-12-15-9-17(22)20(23-11-15)25-3-5-27-6-4-25/h7-9,11,19H,3-6,10,12H2,1-2H3,(H,24,26)/t19-/m0/s1. The van der Waals surface area contributed by atoms with Gasteiger partial charge in [0.2, 0.25) is 0 Å². The third-order valence-electron chi connectivity index (χ3n) is 5.30. The van der Waals surface area contributed by atoms with Crippen LogP contribution in [0.4, 0.5) is 10.2 Å². The second kappa shape index (κ2) is 7.75. The molecule has 7 heteroatoms. The van der Waals surface area contributed by atoms with Crippen LogP contribution in [0.1, 0.15) is 22.3 Å². The van der Waals surface area contributed by atoms with Crippen molar-refractivity contribution in [1.82, 2.24) is 10.3 Å². The number of hydrogen-bond acceptors (Lipinski definition) is 5. The molecule has 3 heterocycles. The van der Waals surface area contributed by atoms with Gasteiger partial charge < -0.3 is 19.7 Å². The first-order valence-corrected chi connectivity index (χ1v) is 9.53. The van der Waals surface area contributed by atoms with Crippen molar-refractivity contribution in [3.8, 4) is 5.75 Å². The van der Waals surface area contributed by atoms with Gasteiger partial charge >= 0.3 is 0 Å². The van der Waals surface area contributed by atoms with Crippen LogP contribution in [0.15, 0.2) is 24.4 Å². The molecule has 0 unspecified atom stereocenters. The highest BCUT2D eigenvalue weighted by atomic mass is 19.1. The van der Waals surface area contributed by atoms with Crippen molar-refractivity contribution in [2.24, 2.45) is 0 Å². The zero-order valence-electron chi connectivity index (χ0n) is 16.1. The van der Waals surface area contributed by atoms with E-state index >= 15 is 0 Å². The fourth-order valence-corrected chi connectivity index (χ4v) is 3.54. The van der Waals surface area contributed by atoms with E-state index in [4.69, 9.17) is 9.47 Å². The number of nitrogens with one attached hydrogen (secondary N) is 1. The molecule has 0 aliphatic carbocycles. The molecule has 2 aliphatic heterocycles. The lowest BCUT2D eigenvalue weighted by Gasteiger charge is -2.28. The van der Waals surface area contributed by atoms with Gasteiger partial charge in [-0.2, -0.15) is 0 Å². The van der Waals surface area contributed by atoms with Crippen LogP contribution in [0, 0.1) is 19.7 Å². The Balaban J connectivity index is 1.35. The van der Waals surface area contributed by atoms with E-state index in [9.17, 15) is 9.18 Å². The fourth-order valence-electron chi connectivity index (χ4n) is 3.54. The van der Waals surface area contributed by atoms with Crippen LogP contribution in [0.3, 0.4) is 0 Å². The van der Waals surface area contributed by atoms with E-state index in [0.29, 0.717) is 44.1 Å². The molecule has 0 radical (unpaired) electrons. The van der Waals surface area contributed by atoms with E-state index < -0.39 is 6.10 Å². The van der Waals surface area contributed by atoms with Crippen LogP contribution in [-0.2, 0) is 22.5 Å². The molecule has 1 atom stereocenters. The van der Waals surface area contributed by atoms with Gasteiger partial charge in [-0.3, -0.25) is 4.79 Å². The van der Waals surface area contributed by atoms with Gasteiger partial charge in [0.25, 0.3) is 5.91 Å². The minimum Gasteiger partial charge on any atom is -0.480 e. The Morgan fingerprint density at radius 1 is 1.25 bits per heavy atom. The normalized spacial score (nSPS) is 18.5. The topological polar surface area (TPSA) is 63.7 Å². The number of morpholine rings is 1. The number of amides is 1.